The number of likely N-dealkylation sites (N-methyl/N-ethyl adjacent to an activating group) is 1. The number of carboxylic acids is 3. The number of alkyl halides is 3. The SMILES string of the molecule is CNC(=O)CNC(=O)C(=O)C(CC(F)(F)F)NC(=O)[C@H](CC(C)C)NC(=O)[C@@H](NC(=O)[C@H](Cc1ccccc1C)NC(=O)[C@H](CCC(=O)O)NC(=O)[C@H](CC(=O)O)NC(=O)CCC(=O)O)C(C)(C)C. The van der Waals surface area contributed by atoms with E-state index >= 15 is 0 Å². The summed E-state index contributed by atoms with van der Waals surface area (Å²) in [5.74, 6) is -15.9. The Morgan fingerprint density at radius 1 is 0.609 bits per heavy atom. The van der Waals surface area contributed by atoms with Crippen LogP contribution in [-0.4, -0.2) is 142 Å². The highest BCUT2D eigenvalue weighted by atomic mass is 19.4. The Morgan fingerprint density at radius 2 is 1.13 bits per heavy atom. The van der Waals surface area contributed by atoms with Gasteiger partial charge in [-0.25, -0.2) is 0 Å². The average Bonchev–Trinajstić information content (AvgIpc) is 3.22. The van der Waals surface area contributed by atoms with Crippen LogP contribution in [-0.2, 0) is 64.0 Å². The quantitative estimate of drug-likeness (QED) is 0.0455. The molecule has 0 radical (unpaired) electrons. The molecular formula is C43H61F3N8O15. The van der Waals surface area contributed by atoms with Crippen LogP contribution in [0.15, 0.2) is 24.3 Å². The maximum absolute atomic E-state index is 14.3. The molecule has 0 spiro atoms. The minimum atomic E-state index is -5.09. The molecule has 26 heteroatoms. The van der Waals surface area contributed by atoms with E-state index in [4.69, 9.17) is 5.11 Å². The van der Waals surface area contributed by atoms with Crippen LogP contribution in [0.3, 0.4) is 0 Å². The van der Waals surface area contributed by atoms with Gasteiger partial charge in [-0.1, -0.05) is 58.9 Å². The van der Waals surface area contributed by atoms with Crippen molar-refractivity contribution in [2.24, 2.45) is 11.3 Å². The van der Waals surface area contributed by atoms with Crippen molar-refractivity contribution in [1.29, 1.82) is 0 Å². The van der Waals surface area contributed by atoms with E-state index in [1.165, 1.54) is 27.8 Å². The molecule has 0 aromatic heterocycles. The molecule has 0 fully saturated rings. The Balaban J connectivity index is 3.63. The zero-order valence-corrected chi connectivity index (χ0v) is 39.1. The Morgan fingerprint density at radius 3 is 1.65 bits per heavy atom. The highest BCUT2D eigenvalue weighted by molar-refractivity contribution is 6.38. The third kappa shape index (κ3) is 22.9. The molecule has 0 saturated carbocycles. The number of aliphatic carboxylic acids is 3. The van der Waals surface area contributed by atoms with Crippen molar-refractivity contribution in [2.75, 3.05) is 13.6 Å². The molecule has 23 nitrogen and oxygen atoms in total. The first-order chi connectivity index (χ1) is 31.8. The molecule has 1 unspecified atom stereocenters. The Kier molecular flexibility index (Phi) is 24.0. The standard InChI is InChI=1S/C43H61F3N8O15/c1-21(2)16-25(37(65)53-28(19-43(44,45)46)34(63)40(68)48-20-30(56)47-7)52-41(69)35(42(4,5)6)54-39(67)26(17-23-11-9-8-10-22(23)3)51-36(64)24(12-14-31(57)58)50-38(66)27(18-33(61)62)49-29(55)13-15-32(59)60/h8-11,21,24-28,35H,12-20H2,1-7H3,(H,47,56)(H,48,68)(H,49,55)(H,50,66)(H,51,64)(H,52,69)(H,53,65)(H,54,67)(H,57,58)(H,59,60)(H,61,62)/t24-,25-,26-,27-,28?,35+/m0/s1. The van der Waals surface area contributed by atoms with Gasteiger partial charge < -0.3 is 57.9 Å². The first kappa shape index (κ1) is 59.9. The van der Waals surface area contributed by atoms with E-state index in [9.17, 15) is 80.9 Å². The normalized spacial score (nSPS) is 14.0. The number of ketones is 1. The number of halogens is 3. The van der Waals surface area contributed by atoms with E-state index < -0.39 is 170 Å². The number of rotatable bonds is 28. The van der Waals surface area contributed by atoms with Crippen molar-refractivity contribution >= 4 is 70.9 Å². The maximum atomic E-state index is 14.3. The number of carboxylic acid groups (broad SMARTS) is 3. The van der Waals surface area contributed by atoms with Crippen molar-refractivity contribution in [1.82, 2.24) is 42.5 Å². The largest absolute Gasteiger partial charge is 0.481 e. The van der Waals surface area contributed by atoms with Crippen LogP contribution in [0, 0.1) is 18.3 Å². The van der Waals surface area contributed by atoms with E-state index in [-0.39, 0.29) is 12.8 Å². The molecule has 0 aliphatic rings. The summed E-state index contributed by atoms with van der Waals surface area (Å²) >= 11 is 0. The van der Waals surface area contributed by atoms with Crippen LogP contribution in [0.5, 0.6) is 0 Å². The maximum Gasteiger partial charge on any atom is 0.391 e. The minimum absolute atomic E-state index is 0.243. The second-order valence-electron chi connectivity index (χ2n) is 17.4. The first-order valence-corrected chi connectivity index (χ1v) is 21.5. The van der Waals surface area contributed by atoms with E-state index in [2.05, 4.69) is 31.9 Å². The monoisotopic (exact) mass is 986 g/mol. The molecule has 8 amide bonds. The van der Waals surface area contributed by atoms with E-state index in [1.54, 1.807) is 45.0 Å². The minimum Gasteiger partial charge on any atom is -0.481 e. The lowest BCUT2D eigenvalue weighted by molar-refractivity contribution is -0.154. The van der Waals surface area contributed by atoms with Gasteiger partial charge in [0.05, 0.1) is 25.8 Å². The highest BCUT2D eigenvalue weighted by Gasteiger charge is 2.42. The van der Waals surface area contributed by atoms with Gasteiger partial charge in [-0.2, -0.15) is 13.2 Å². The zero-order valence-electron chi connectivity index (χ0n) is 39.1. The van der Waals surface area contributed by atoms with Crippen LogP contribution in [0.1, 0.15) is 90.7 Å². The van der Waals surface area contributed by atoms with Crippen molar-refractivity contribution in [2.45, 2.75) is 135 Å². The van der Waals surface area contributed by atoms with Crippen molar-refractivity contribution in [3.05, 3.63) is 35.4 Å². The Bertz CT molecular complexity index is 2080. The fourth-order valence-corrected chi connectivity index (χ4v) is 6.30. The number of carbonyl (C=O) groups excluding carboxylic acids is 9. The van der Waals surface area contributed by atoms with Crippen molar-refractivity contribution in [3.63, 3.8) is 0 Å². The fourth-order valence-electron chi connectivity index (χ4n) is 6.30. The molecule has 11 N–H and O–H groups in total. The van der Waals surface area contributed by atoms with Crippen molar-refractivity contribution in [3.8, 4) is 0 Å². The fraction of sp³-hybridized carbons (Fsp3) is 0.581. The predicted octanol–water partition coefficient (Wildman–Crippen LogP) is -0.873. The lowest BCUT2D eigenvalue weighted by Gasteiger charge is -2.34. The van der Waals surface area contributed by atoms with Gasteiger partial charge in [-0.15, -0.1) is 0 Å². The molecule has 1 aromatic rings. The van der Waals surface area contributed by atoms with Crippen LogP contribution in [0.4, 0.5) is 13.2 Å². The highest BCUT2D eigenvalue weighted by Crippen LogP contribution is 2.24. The van der Waals surface area contributed by atoms with Gasteiger partial charge >= 0.3 is 24.1 Å². The van der Waals surface area contributed by atoms with E-state index in [0.29, 0.717) is 11.1 Å². The molecule has 1 rings (SSSR count). The Labute approximate surface area is 394 Å². The lowest BCUT2D eigenvalue weighted by atomic mass is 9.85. The number of carbonyl (C=O) groups is 12. The van der Waals surface area contributed by atoms with Gasteiger partial charge in [0.15, 0.2) is 0 Å². The second kappa shape index (κ2) is 27.6. The average molecular weight is 987 g/mol. The molecule has 0 aliphatic heterocycles. The van der Waals surface area contributed by atoms with Gasteiger partial charge in [-0.3, -0.25) is 57.5 Å². The van der Waals surface area contributed by atoms with Crippen LogP contribution < -0.4 is 42.5 Å². The van der Waals surface area contributed by atoms with Gasteiger partial charge in [-0.05, 0) is 42.2 Å². The number of hydrogen-bond donors (Lipinski definition) is 11. The van der Waals surface area contributed by atoms with Gasteiger partial charge in [0.2, 0.25) is 47.1 Å². The topological polar surface area (TPSA) is 362 Å². The second-order valence-corrected chi connectivity index (χ2v) is 17.4. The summed E-state index contributed by atoms with van der Waals surface area (Å²) in [5.41, 5.74) is -0.140. The summed E-state index contributed by atoms with van der Waals surface area (Å²) in [4.78, 5) is 153. The van der Waals surface area contributed by atoms with Gasteiger partial charge in [0.25, 0.3) is 5.91 Å². The summed E-state index contributed by atoms with van der Waals surface area (Å²) in [5, 5.41) is 45.2. The Hall–Kier alpha value is -7.15. The van der Waals surface area contributed by atoms with Crippen LogP contribution >= 0.6 is 0 Å². The lowest BCUT2D eigenvalue weighted by Crippen LogP contribution is -2.62. The van der Waals surface area contributed by atoms with E-state index in [1.807, 2.05) is 10.6 Å². The third-order valence-corrected chi connectivity index (χ3v) is 9.93. The number of hydrogen-bond acceptors (Lipinski definition) is 12. The predicted molar refractivity (Wildman–Crippen MR) is 234 cm³/mol. The van der Waals surface area contributed by atoms with Crippen LogP contribution in [0.2, 0.25) is 0 Å². The summed E-state index contributed by atoms with van der Waals surface area (Å²) < 4.78 is 40.9. The van der Waals surface area contributed by atoms with Crippen molar-refractivity contribution < 1.29 is 86.0 Å². The number of benzene rings is 1. The summed E-state index contributed by atoms with van der Waals surface area (Å²) in [6.45, 7) is 8.56. The smallest absolute Gasteiger partial charge is 0.391 e. The molecule has 0 saturated heterocycles. The molecule has 0 heterocycles. The van der Waals surface area contributed by atoms with Gasteiger partial charge in [0.1, 0.15) is 36.3 Å². The zero-order chi connectivity index (χ0) is 53.0. The van der Waals surface area contributed by atoms with Crippen LogP contribution in [0.25, 0.3) is 0 Å². The summed E-state index contributed by atoms with van der Waals surface area (Å²) in [7, 11) is 1.20. The summed E-state index contributed by atoms with van der Waals surface area (Å²) in [6, 6.07) is -4.54. The molecule has 384 valence electrons. The number of aryl methyl sites for hydroxylation is 1. The summed E-state index contributed by atoms with van der Waals surface area (Å²) in [6.07, 6.45) is -11.4. The number of amides is 8. The molecule has 6 atom stereocenters. The molecule has 1 aromatic carbocycles. The number of nitrogens with one attached hydrogen (secondary N) is 8. The molecule has 0 aliphatic carbocycles. The van der Waals surface area contributed by atoms with E-state index in [0.717, 1.165) is 0 Å². The molecule has 69 heavy (non-hydrogen) atoms. The van der Waals surface area contributed by atoms with Gasteiger partial charge in [0, 0.05) is 26.3 Å². The third-order valence-electron chi connectivity index (χ3n) is 9.93. The molecule has 0 bridgehead atoms. The number of Topliss-reactive ketones (excluding diaryl/α,β-unsaturated/α-hetero) is 1. The molecular weight excluding hydrogens is 926 g/mol. The first-order valence-electron chi connectivity index (χ1n) is 21.5.